The molecule has 2 aliphatic rings. The molecule has 3 heterocycles. The van der Waals surface area contributed by atoms with Crippen molar-refractivity contribution in [3.63, 3.8) is 0 Å². The van der Waals surface area contributed by atoms with Gasteiger partial charge in [-0.3, -0.25) is 15.2 Å². The lowest BCUT2D eigenvalue weighted by atomic mass is 9.89. The molecule has 0 spiro atoms. The van der Waals surface area contributed by atoms with E-state index >= 15 is 0 Å². The second kappa shape index (κ2) is 7.53. The zero-order valence-corrected chi connectivity index (χ0v) is 14.9. The summed E-state index contributed by atoms with van der Waals surface area (Å²) in [5.41, 5.74) is 9.83. The molecule has 136 valence electrons. The average Bonchev–Trinajstić information content (AvgIpc) is 3.13. The Morgan fingerprint density at radius 3 is 2.62 bits per heavy atom. The predicted molar refractivity (Wildman–Crippen MR) is 101 cm³/mol. The molecule has 2 saturated heterocycles. The van der Waals surface area contributed by atoms with Crippen LogP contribution in [0.2, 0.25) is 0 Å². The van der Waals surface area contributed by atoms with E-state index in [0.29, 0.717) is 12.0 Å². The van der Waals surface area contributed by atoms with Crippen molar-refractivity contribution in [2.24, 2.45) is 5.92 Å². The highest BCUT2D eigenvalue weighted by molar-refractivity contribution is 5.83. The van der Waals surface area contributed by atoms with Crippen LogP contribution in [0.1, 0.15) is 24.9 Å². The molecular formula is C20H25N5O. The number of hydrazine groups is 1. The molecule has 0 saturated carbocycles. The second-order valence-electron chi connectivity index (χ2n) is 7.12. The Morgan fingerprint density at radius 2 is 1.85 bits per heavy atom. The van der Waals surface area contributed by atoms with Gasteiger partial charge in [0, 0.05) is 30.9 Å². The smallest absolute Gasteiger partial charge is 0.239 e. The number of carbonyl (C=O) groups is 1. The summed E-state index contributed by atoms with van der Waals surface area (Å²) in [6, 6.07) is 12.5. The van der Waals surface area contributed by atoms with Crippen LogP contribution >= 0.6 is 0 Å². The molecule has 2 aromatic rings. The first kappa shape index (κ1) is 17.1. The molecule has 6 heteroatoms. The zero-order chi connectivity index (χ0) is 17.9. The molecule has 1 aromatic carbocycles. The van der Waals surface area contributed by atoms with Crippen molar-refractivity contribution in [2.75, 3.05) is 13.1 Å². The van der Waals surface area contributed by atoms with Gasteiger partial charge in [0.15, 0.2) is 0 Å². The van der Waals surface area contributed by atoms with E-state index in [1.54, 1.807) is 12.4 Å². The fourth-order valence-corrected chi connectivity index (χ4v) is 3.87. The number of hydrogen-bond acceptors (Lipinski definition) is 5. The first-order valence-electron chi connectivity index (χ1n) is 9.25. The van der Waals surface area contributed by atoms with Crippen molar-refractivity contribution in [2.45, 2.75) is 31.5 Å². The maximum atomic E-state index is 12.7. The summed E-state index contributed by atoms with van der Waals surface area (Å²) in [7, 11) is 0. The maximum absolute atomic E-state index is 12.7. The van der Waals surface area contributed by atoms with E-state index in [9.17, 15) is 4.79 Å². The summed E-state index contributed by atoms with van der Waals surface area (Å²) < 4.78 is 0. The van der Waals surface area contributed by atoms with Gasteiger partial charge in [-0.15, -0.1) is 0 Å². The van der Waals surface area contributed by atoms with Gasteiger partial charge >= 0.3 is 0 Å². The number of benzene rings is 1. The number of rotatable bonds is 4. The first-order valence-corrected chi connectivity index (χ1v) is 9.25. The molecule has 0 aliphatic carbocycles. The van der Waals surface area contributed by atoms with Crippen LogP contribution in [0, 0.1) is 5.92 Å². The SMILES string of the molecule is CC(NC(=O)C1NNC2CCNCC21)c1ccc(-c2ccncc2)cc1. The lowest BCUT2D eigenvalue weighted by Gasteiger charge is -2.28. The molecule has 0 bridgehead atoms. The first-order chi connectivity index (χ1) is 12.7. The summed E-state index contributed by atoms with van der Waals surface area (Å²) >= 11 is 0. The van der Waals surface area contributed by atoms with Crippen molar-refractivity contribution in [3.8, 4) is 11.1 Å². The molecule has 2 fully saturated rings. The van der Waals surface area contributed by atoms with Crippen LogP contribution in [0.5, 0.6) is 0 Å². The normalized spacial score (nSPS) is 26.1. The minimum atomic E-state index is -0.189. The highest BCUT2D eigenvalue weighted by Gasteiger charge is 2.41. The fourth-order valence-electron chi connectivity index (χ4n) is 3.87. The summed E-state index contributed by atoms with van der Waals surface area (Å²) in [5.74, 6) is 0.351. The van der Waals surface area contributed by atoms with Gasteiger partial charge in [0.05, 0.1) is 6.04 Å². The van der Waals surface area contributed by atoms with Crippen LogP contribution in [0.25, 0.3) is 11.1 Å². The van der Waals surface area contributed by atoms with Crippen molar-refractivity contribution in [1.82, 2.24) is 26.5 Å². The molecule has 6 nitrogen and oxygen atoms in total. The monoisotopic (exact) mass is 351 g/mol. The largest absolute Gasteiger partial charge is 0.348 e. The quantitative estimate of drug-likeness (QED) is 0.669. The van der Waals surface area contributed by atoms with Crippen LogP contribution in [0.4, 0.5) is 0 Å². The minimum Gasteiger partial charge on any atom is -0.348 e. The lowest BCUT2D eigenvalue weighted by Crippen LogP contribution is -2.49. The van der Waals surface area contributed by atoms with Gasteiger partial charge in [-0.2, -0.15) is 0 Å². The van der Waals surface area contributed by atoms with Gasteiger partial charge in [-0.25, -0.2) is 5.43 Å². The van der Waals surface area contributed by atoms with Gasteiger partial charge in [0.25, 0.3) is 0 Å². The van der Waals surface area contributed by atoms with Gasteiger partial charge < -0.3 is 10.6 Å². The number of nitrogens with zero attached hydrogens (tertiary/aromatic N) is 1. The summed E-state index contributed by atoms with van der Waals surface area (Å²) in [6.45, 7) is 3.90. The third kappa shape index (κ3) is 3.49. The molecule has 1 aromatic heterocycles. The molecule has 4 rings (SSSR count). The van der Waals surface area contributed by atoms with Crippen LogP contribution < -0.4 is 21.5 Å². The van der Waals surface area contributed by atoms with Crippen molar-refractivity contribution >= 4 is 5.91 Å². The van der Waals surface area contributed by atoms with Crippen LogP contribution in [0.3, 0.4) is 0 Å². The molecule has 4 atom stereocenters. The number of nitrogens with one attached hydrogen (secondary N) is 4. The van der Waals surface area contributed by atoms with Crippen LogP contribution in [-0.2, 0) is 4.79 Å². The van der Waals surface area contributed by atoms with E-state index in [2.05, 4.69) is 50.7 Å². The minimum absolute atomic E-state index is 0.0358. The molecular weight excluding hydrogens is 326 g/mol. The fraction of sp³-hybridized carbons (Fsp3) is 0.400. The van der Waals surface area contributed by atoms with E-state index in [1.165, 1.54) is 0 Å². The Kier molecular flexibility index (Phi) is 4.97. The molecule has 4 unspecified atom stereocenters. The number of aromatic nitrogens is 1. The highest BCUT2D eigenvalue weighted by atomic mass is 16.2. The standard InChI is InChI=1S/C20H25N5O/c1-13(14-2-4-15(5-3-14)16-6-9-21-10-7-16)23-20(26)19-17-12-22-11-8-18(17)24-25-19/h2-7,9-10,13,17-19,22,24-25H,8,11-12H2,1H3,(H,23,26). The van der Waals surface area contributed by atoms with Gasteiger partial charge in [-0.05, 0) is 48.7 Å². The van der Waals surface area contributed by atoms with Gasteiger partial charge in [-0.1, -0.05) is 24.3 Å². The molecule has 26 heavy (non-hydrogen) atoms. The number of pyridine rings is 1. The number of amides is 1. The lowest BCUT2D eigenvalue weighted by molar-refractivity contribution is -0.124. The van der Waals surface area contributed by atoms with Crippen LogP contribution in [0.15, 0.2) is 48.8 Å². The van der Waals surface area contributed by atoms with Crippen molar-refractivity contribution < 1.29 is 4.79 Å². The Balaban J connectivity index is 1.40. The Bertz CT molecular complexity index is 749. The van der Waals surface area contributed by atoms with Crippen LogP contribution in [-0.4, -0.2) is 36.1 Å². The molecule has 0 radical (unpaired) electrons. The highest BCUT2D eigenvalue weighted by Crippen LogP contribution is 2.23. The average molecular weight is 351 g/mol. The summed E-state index contributed by atoms with van der Waals surface area (Å²) in [4.78, 5) is 16.8. The third-order valence-electron chi connectivity index (χ3n) is 5.45. The summed E-state index contributed by atoms with van der Waals surface area (Å²) in [6.07, 6.45) is 4.64. The molecule has 1 amide bonds. The van der Waals surface area contributed by atoms with Crippen molar-refractivity contribution in [3.05, 3.63) is 54.4 Å². The summed E-state index contributed by atoms with van der Waals surface area (Å²) in [5, 5.41) is 6.53. The Hall–Kier alpha value is -2.28. The van der Waals surface area contributed by atoms with Crippen molar-refractivity contribution in [1.29, 1.82) is 0 Å². The second-order valence-corrected chi connectivity index (χ2v) is 7.12. The number of fused-ring (bicyclic) bond motifs is 1. The number of hydrogen-bond donors (Lipinski definition) is 4. The number of carbonyl (C=O) groups excluding carboxylic acids is 1. The topological polar surface area (TPSA) is 78.1 Å². The third-order valence-corrected chi connectivity index (χ3v) is 5.45. The number of piperidine rings is 1. The molecule has 4 N–H and O–H groups in total. The van der Waals surface area contributed by atoms with Gasteiger partial charge in [0.2, 0.25) is 5.91 Å². The van der Waals surface area contributed by atoms with E-state index in [-0.39, 0.29) is 18.0 Å². The van der Waals surface area contributed by atoms with Gasteiger partial charge in [0.1, 0.15) is 6.04 Å². The molecule has 2 aliphatic heterocycles. The van der Waals surface area contributed by atoms with E-state index in [0.717, 1.165) is 36.2 Å². The van der Waals surface area contributed by atoms with E-state index in [4.69, 9.17) is 0 Å². The Labute approximate surface area is 153 Å². The van der Waals surface area contributed by atoms with E-state index < -0.39 is 0 Å². The Morgan fingerprint density at radius 1 is 1.12 bits per heavy atom. The zero-order valence-electron chi connectivity index (χ0n) is 14.9. The predicted octanol–water partition coefficient (Wildman–Crippen LogP) is 1.38. The maximum Gasteiger partial charge on any atom is 0.239 e. The van der Waals surface area contributed by atoms with E-state index in [1.807, 2.05) is 19.1 Å².